The van der Waals surface area contributed by atoms with Crippen molar-refractivity contribution in [1.29, 1.82) is 0 Å². The minimum atomic E-state index is -0.982. The molecule has 0 saturated heterocycles. The van der Waals surface area contributed by atoms with E-state index in [-0.39, 0.29) is 6.61 Å². The van der Waals surface area contributed by atoms with Crippen molar-refractivity contribution in [3.63, 3.8) is 0 Å². The maximum atomic E-state index is 10.7. The molecule has 0 aliphatic carbocycles. The van der Waals surface area contributed by atoms with Crippen molar-refractivity contribution in [2.75, 3.05) is 19.5 Å². The molecule has 0 bridgehead atoms. The number of benzene rings is 3. The molecule has 0 saturated carbocycles. The molecule has 30 heavy (non-hydrogen) atoms. The van der Waals surface area contributed by atoms with Crippen LogP contribution in [0.2, 0.25) is 0 Å². The molecule has 0 radical (unpaired) electrons. The third-order valence-corrected chi connectivity index (χ3v) is 5.44. The Morgan fingerprint density at radius 3 is 2.33 bits per heavy atom. The molecule has 0 fully saturated rings. The number of aliphatic carboxylic acids is 1. The number of carboxylic acids is 1. The molecule has 0 aromatic heterocycles. The molecule has 4 nitrogen and oxygen atoms in total. The highest BCUT2D eigenvalue weighted by Gasteiger charge is 2.07. The van der Waals surface area contributed by atoms with Crippen LogP contribution in [0.25, 0.3) is 5.57 Å². The summed E-state index contributed by atoms with van der Waals surface area (Å²) in [6, 6.07) is 24.2. The molecule has 0 aliphatic heterocycles. The number of aryl methyl sites for hydroxylation is 1. The molecule has 1 N–H and O–H groups in total. The topological polar surface area (TPSA) is 55.8 Å². The van der Waals surface area contributed by atoms with Gasteiger partial charge in [-0.25, -0.2) is 4.79 Å². The first kappa shape index (κ1) is 21.5. The van der Waals surface area contributed by atoms with Crippen LogP contribution in [0.4, 0.5) is 0 Å². The van der Waals surface area contributed by atoms with Gasteiger partial charge in [0.05, 0.1) is 7.11 Å². The van der Waals surface area contributed by atoms with Crippen LogP contribution in [0.5, 0.6) is 11.5 Å². The van der Waals surface area contributed by atoms with Crippen LogP contribution in [0.15, 0.2) is 83.8 Å². The summed E-state index contributed by atoms with van der Waals surface area (Å²) in [5.41, 5.74) is 4.39. The maximum absolute atomic E-state index is 10.7. The lowest BCUT2D eigenvalue weighted by Gasteiger charge is -2.11. The molecular weight excluding hydrogens is 396 g/mol. The Hall–Kier alpha value is -3.18. The van der Waals surface area contributed by atoms with E-state index in [2.05, 4.69) is 30.3 Å². The first-order chi connectivity index (χ1) is 14.6. The van der Waals surface area contributed by atoms with E-state index < -0.39 is 5.97 Å². The van der Waals surface area contributed by atoms with Crippen LogP contribution in [0, 0.1) is 6.92 Å². The summed E-state index contributed by atoms with van der Waals surface area (Å²) < 4.78 is 10.6. The molecule has 0 heterocycles. The van der Waals surface area contributed by atoms with Gasteiger partial charge in [-0.2, -0.15) is 0 Å². The Kier molecular flexibility index (Phi) is 7.57. The van der Waals surface area contributed by atoms with E-state index in [0.29, 0.717) is 5.75 Å². The molecule has 3 rings (SSSR count). The van der Waals surface area contributed by atoms with Crippen LogP contribution in [-0.4, -0.2) is 30.5 Å². The van der Waals surface area contributed by atoms with Gasteiger partial charge < -0.3 is 14.6 Å². The summed E-state index contributed by atoms with van der Waals surface area (Å²) in [7, 11) is 1.67. The van der Waals surface area contributed by atoms with Crippen molar-refractivity contribution in [1.82, 2.24) is 0 Å². The standard InChI is InChI=1S/C25H24O4S/c1-18-16-22(12-13-24(18)29-17-25(26)27)30-15-14-23(19-6-4-3-5-7-19)20-8-10-21(28-2)11-9-20/h3-14,16H,15,17H2,1-2H3,(H,26,27). The molecule has 0 amide bonds. The van der Waals surface area contributed by atoms with E-state index in [1.807, 2.05) is 55.5 Å². The lowest BCUT2D eigenvalue weighted by atomic mass is 9.98. The lowest BCUT2D eigenvalue weighted by Crippen LogP contribution is -2.09. The average Bonchev–Trinajstić information content (AvgIpc) is 2.77. The highest BCUT2D eigenvalue weighted by molar-refractivity contribution is 7.99. The van der Waals surface area contributed by atoms with Crippen LogP contribution >= 0.6 is 11.8 Å². The minimum Gasteiger partial charge on any atom is -0.497 e. The SMILES string of the molecule is COc1ccc(C(=CCSc2ccc(OCC(=O)O)c(C)c2)c2ccccc2)cc1. The van der Waals surface area contributed by atoms with Gasteiger partial charge in [-0.3, -0.25) is 0 Å². The summed E-state index contributed by atoms with van der Waals surface area (Å²) >= 11 is 1.72. The molecule has 0 aliphatic rings. The fraction of sp³-hybridized carbons (Fsp3) is 0.160. The van der Waals surface area contributed by atoms with Crippen molar-refractivity contribution >= 4 is 23.3 Å². The smallest absolute Gasteiger partial charge is 0.341 e. The Morgan fingerprint density at radius 1 is 1.00 bits per heavy atom. The lowest BCUT2D eigenvalue weighted by molar-refractivity contribution is -0.139. The number of rotatable bonds is 9. The second kappa shape index (κ2) is 10.6. The third kappa shape index (κ3) is 5.91. The number of ether oxygens (including phenoxy) is 2. The Balaban J connectivity index is 1.76. The van der Waals surface area contributed by atoms with Gasteiger partial charge in [-0.05, 0) is 59.5 Å². The predicted octanol–water partition coefficient (Wildman–Crippen LogP) is 5.69. The zero-order valence-corrected chi connectivity index (χ0v) is 17.8. The number of hydrogen-bond acceptors (Lipinski definition) is 4. The summed E-state index contributed by atoms with van der Waals surface area (Å²) in [6.45, 7) is 1.59. The number of carboxylic acid groups (broad SMARTS) is 1. The predicted molar refractivity (Wildman–Crippen MR) is 122 cm³/mol. The fourth-order valence-electron chi connectivity index (χ4n) is 3.02. The number of carbonyl (C=O) groups is 1. The zero-order chi connectivity index (χ0) is 21.3. The van der Waals surface area contributed by atoms with Gasteiger partial charge in [0.15, 0.2) is 6.61 Å². The number of thioether (sulfide) groups is 1. The average molecular weight is 421 g/mol. The second-order valence-corrected chi connectivity index (χ2v) is 7.73. The molecule has 5 heteroatoms. The summed E-state index contributed by atoms with van der Waals surface area (Å²) in [5, 5.41) is 8.76. The fourth-order valence-corrected chi connectivity index (χ4v) is 3.89. The monoisotopic (exact) mass is 420 g/mol. The van der Waals surface area contributed by atoms with E-state index in [0.717, 1.165) is 33.1 Å². The second-order valence-electron chi connectivity index (χ2n) is 6.63. The van der Waals surface area contributed by atoms with E-state index >= 15 is 0 Å². The van der Waals surface area contributed by atoms with Gasteiger partial charge in [0, 0.05) is 10.6 Å². The van der Waals surface area contributed by atoms with Gasteiger partial charge in [-0.1, -0.05) is 48.5 Å². The van der Waals surface area contributed by atoms with E-state index in [1.165, 1.54) is 5.57 Å². The van der Waals surface area contributed by atoms with Crippen LogP contribution < -0.4 is 9.47 Å². The molecule has 154 valence electrons. The molecule has 0 spiro atoms. The van der Waals surface area contributed by atoms with Crippen molar-refractivity contribution in [2.45, 2.75) is 11.8 Å². The third-order valence-electron chi connectivity index (χ3n) is 4.52. The molecular formula is C25H24O4S. The van der Waals surface area contributed by atoms with Crippen molar-refractivity contribution in [3.8, 4) is 11.5 Å². The summed E-state index contributed by atoms with van der Waals surface area (Å²) in [5.74, 6) is 1.25. The van der Waals surface area contributed by atoms with Gasteiger partial charge in [0.2, 0.25) is 0 Å². The summed E-state index contributed by atoms with van der Waals surface area (Å²) in [6.07, 6.45) is 2.23. The first-order valence-electron chi connectivity index (χ1n) is 9.55. The summed E-state index contributed by atoms with van der Waals surface area (Å²) in [4.78, 5) is 11.8. The van der Waals surface area contributed by atoms with Gasteiger partial charge in [0.1, 0.15) is 11.5 Å². The van der Waals surface area contributed by atoms with Crippen LogP contribution in [-0.2, 0) is 4.79 Å². The Labute approximate surface area is 181 Å². The first-order valence-corrected chi connectivity index (χ1v) is 10.5. The van der Waals surface area contributed by atoms with Crippen molar-refractivity contribution in [2.24, 2.45) is 0 Å². The van der Waals surface area contributed by atoms with E-state index in [1.54, 1.807) is 18.9 Å². The quantitative estimate of drug-likeness (QED) is 0.451. The minimum absolute atomic E-state index is 0.335. The Bertz CT molecular complexity index is 1010. The van der Waals surface area contributed by atoms with Crippen molar-refractivity contribution in [3.05, 3.63) is 95.6 Å². The van der Waals surface area contributed by atoms with Crippen LogP contribution in [0.1, 0.15) is 16.7 Å². The van der Waals surface area contributed by atoms with Crippen molar-refractivity contribution < 1.29 is 19.4 Å². The normalized spacial score (nSPS) is 11.2. The van der Waals surface area contributed by atoms with Gasteiger partial charge in [0.25, 0.3) is 0 Å². The molecule has 3 aromatic carbocycles. The number of hydrogen-bond donors (Lipinski definition) is 1. The highest BCUT2D eigenvalue weighted by atomic mass is 32.2. The maximum Gasteiger partial charge on any atom is 0.341 e. The van der Waals surface area contributed by atoms with E-state index in [9.17, 15) is 4.79 Å². The number of methoxy groups -OCH3 is 1. The molecule has 0 unspecified atom stereocenters. The van der Waals surface area contributed by atoms with Gasteiger partial charge in [-0.15, -0.1) is 11.8 Å². The largest absolute Gasteiger partial charge is 0.497 e. The zero-order valence-electron chi connectivity index (χ0n) is 17.0. The molecule has 0 atom stereocenters. The van der Waals surface area contributed by atoms with Crippen LogP contribution in [0.3, 0.4) is 0 Å². The Morgan fingerprint density at radius 2 is 1.70 bits per heavy atom. The van der Waals surface area contributed by atoms with Gasteiger partial charge >= 0.3 is 5.97 Å². The highest BCUT2D eigenvalue weighted by Crippen LogP contribution is 2.29. The molecule has 3 aromatic rings. The van der Waals surface area contributed by atoms with E-state index in [4.69, 9.17) is 14.6 Å².